The Hall–Kier alpha value is -3.08. The van der Waals surface area contributed by atoms with Gasteiger partial charge in [-0.05, 0) is 54.8 Å². The van der Waals surface area contributed by atoms with Crippen LogP contribution in [0, 0.1) is 6.92 Å². The number of para-hydroxylation sites is 1. The molecule has 0 saturated heterocycles. The highest BCUT2D eigenvalue weighted by atomic mass is 35.5. The van der Waals surface area contributed by atoms with Crippen molar-refractivity contribution >= 4 is 28.5 Å². The summed E-state index contributed by atoms with van der Waals surface area (Å²) in [6.45, 7) is 3.87. The van der Waals surface area contributed by atoms with Crippen molar-refractivity contribution in [2.75, 3.05) is 6.54 Å². The molecule has 0 aliphatic heterocycles. The fourth-order valence-electron chi connectivity index (χ4n) is 4.06. The van der Waals surface area contributed by atoms with Crippen molar-refractivity contribution in [2.45, 2.75) is 26.4 Å². The summed E-state index contributed by atoms with van der Waals surface area (Å²) in [6.07, 6.45) is 0.901. The number of fused-ring (bicyclic) bond motifs is 1. The zero-order chi connectivity index (χ0) is 21.8. The van der Waals surface area contributed by atoms with Crippen LogP contribution < -0.4 is 5.32 Å². The molecule has 4 nitrogen and oxygen atoms in total. The van der Waals surface area contributed by atoms with E-state index < -0.39 is 5.97 Å². The van der Waals surface area contributed by atoms with Crippen LogP contribution >= 0.6 is 11.6 Å². The molecule has 0 atom stereocenters. The quantitative estimate of drug-likeness (QED) is 0.352. The van der Waals surface area contributed by atoms with Crippen LogP contribution in [0.15, 0.2) is 72.8 Å². The maximum Gasteiger partial charge on any atom is 0.352 e. The van der Waals surface area contributed by atoms with Gasteiger partial charge in [-0.3, -0.25) is 0 Å². The van der Waals surface area contributed by atoms with E-state index >= 15 is 0 Å². The average Bonchev–Trinajstić information content (AvgIpc) is 3.07. The summed E-state index contributed by atoms with van der Waals surface area (Å²) in [7, 11) is 0. The second kappa shape index (κ2) is 9.38. The molecule has 2 N–H and O–H groups in total. The van der Waals surface area contributed by atoms with Crippen LogP contribution in [0.5, 0.6) is 0 Å². The number of aromatic nitrogens is 1. The summed E-state index contributed by atoms with van der Waals surface area (Å²) in [5.41, 5.74) is 5.66. The summed E-state index contributed by atoms with van der Waals surface area (Å²) < 4.78 is 1.89. The summed E-state index contributed by atoms with van der Waals surface area (Å²) in [6, 6.07) is 23.8. The number of carbonyl (C=O) groups is 1. The number of hydrogen-bond donors (Lipinski definition) is 2. The Kier molecular flexibility index (Phi) is 6.40. The Morgan fingerprint density at radius 2 is 1.71 bits per heavy atom. The fraction of sp³-hybridized carbons (Fsp3) is 0.192. The van der Waals surface area contributed by atoms with Crippen LogP contribution in [0.4, 0.5) is 0 Å². The molecule has 0 spiro atoms. The Labute approximate surface area is 187 Å². The zero-order valence-electron chi connectivity index (χ0n) is 17.4. The number of aryl methyl sites for hydroxylation is 1. The lowest BCUT2D eigenvalue weighted by molar-refractivity contribution is 0.0685. The van der Waals surface area contributed by atoms with E-state index in [-0.39, 0.29) is 0 Å². The third-order valence-corrected chi connectivity index (χ3v) is 5.92. The SMILES string of the molecule is Cc1ccccc1CCNCc1c(C(=O)O)n(Cc2ccc(Cl)cc2)c2ccccc12. The number of carboxylic acid groups (broad SMARTS) is 1. The van der Waals surface area contributed by atoms with Gasteiger partial charge in [-0.25, -0.2) is 4.79 Å². The Balaban J connectivity index is 1.61. The van der Waals surface area contributed by atoms with E-state index in [1.54, 1.807) is 0 Å². The molecule has 0 saturated carbocycles. The molecule has 4 rings (SSSR count). The van der Waals surface area contributed by atoms with Crippen LogP contribution in [-0.2, 0) is 19.5 Å². The van der Waals surface area contributed by atoms with Gasteiger partial charge in [-0.15, -0.1) is 0 Å². The van der Waals surface area contributed by atoms with Gasteiger partial charge in [0.25, 0.3) is 0 Å². The summed E-state index contributed by atoms with van der Waals surface area (Å²) in [5, 5.41) is 15.2. The lowest BCUT2D eigenvalue weighted by Gasteiger charge is -2.10. The minimum atomic E-state index is -0.916. The van der Waals surface area contributed by atoms with Gasteiger partial charge >= 0.3 is 5.97 Å². The minimum absolute atomic E-state index is 0.333. The first-order valence-corrected chi connectivity index (χ1v) is 10.8. The van der Waals surface area contributed by atoms with E-state index in [1.807, 2.05) is 59.2 Å². The first-order chi connectivity index (χ1) is 15.0. The third-order valence-electron chi connectivity index (χ3n) is 5.67. The lowest BCUT2D eigenvalue weighted by Crippen LogP contribution is -2.19. The molecule has 0 bridgehead atoms. The highest BCUT2D eigenvalue weighted by Gasteiger charge is 2.22. The summed E-state index contributed by atoms with van der Waals surface area (Å²) in [5.74, 6) is -0.916. The van der Waals surface area contributed by atoms with Gasteiger partial charge in [0, 0.05) is 34.6 Å². The highest BCUT2D eigenvalue weighted by molar-refractivity contribution is 6.30. The highest BCUT2D eigenvalue weighted by Crippen LogP contribution is 2.28. The van der Waals surface area contributed by atoms with E-state index in [0.29, 0.717) is 23.8 Å². The molecule has 158 valence electrons. The molecule has 0 aliphatic rings. The van der Waals surface area contributed by atoms with Gasteiger partial charge in [0.15, 0.2) is 0 Å². The van der Waals surface area contributed by atoms with Gasteiger partial charge in [-0.1, -0.05) is 66.2 Å². The van der Waals surface area contributed by atoms with Crippen molar-refractivity contribution in [1.29, 1.82) is 0 Å². The first kappa shape index (κ1) is 21.2. The molecule has 1 heterocycles. The molecule has 3 aromatic carbocycles. The van der Waals surface area contributed by atoms with Crippen molar-refractivity contribution < 1.29 is 9.90 Å². The fourth-order valence-corrected chi connectivity index (χ4v) is 4.19. The van der Waals surface area contributed by atoms with Crippen LogP contribution in [0.1, 0.15) is 32.7 Å². The number of hydrogen-bond acceptors (Lipinski definition) is 2. The van der Waals surface area contributed by atoms with Gasteiger partial charge < -0.3 is 15.0 Å². The van der Waals surface area contributed by atoms with Crippen molar-refractivity contribution in [3.8, 4) is 0 Å². The number of nitrogens with zero attached hydrogens (tertiary/aromatic N) is 1. The number of nitrogens with one attached hydrogen (secondary N) is 1. The maximum absolute atomic E-state index is 12.3. The largest absolute Gasteiger partial charge is 0.477 e. The number of carboxylic acids is 1. The molecule has 5 heteroatoms. The molecule has 0 amide bonds. The number of benzene rings is 3. The van der Waals surface area contributed by atoms with E-state index in [4.69, 9.17) is 11.6 Å². The predicted octanol–water partition coefficient (Wildman–Crippen LogP) is 5.68. The monoisotopic (exact) mass is 432 g/mol. The Bertz CT molecular complexity index is 1210. The molecule has 0 aliphatic carbocycles. The molecule has 31 heavy (non-hydrogen) atoms. The van der Waals surface area contributed by atoms with Gasteiger partial charge in [0.1, 0.15) is 5.69 Å². The first-order valence-electron chi connectivity index (χ1n) is 10.4. The molecular formula is C26H25ClN2O2. The van der Waals surface area contributed by atoms with Gasteiger partial charge in [0.05, 0.1) is 0 Å². The number of aromatic carboxylic acids is 1. The van der Waals surface area contributed by atoms with Crippen LogP contribution in [0.3, 0.4) is 0 Å². The second-order valence-electron chi connectivity index (χ2n) is 7.72. The smallest absolute Gasteiger partial charge is 0.352 e. The minimum Gasteiger partial charge on any atom is -0.477 e. The average molecular weight is 433 g/mol. The standard InChI is InChI=1S/C26H25ClN2O2/c1-18-6-2-3-7-20(18)14-15-28-16-23-22-8-4-5-9-24(22)29(25(23)26(30)31)17-19-10-12-21(27)13-11-19/h2-13,28H,14-17H2,1H3,(H,30,31). The molecule has 0 unspecified atom stereocenters. The molecule has 4 aromatic rings. The normalized spacial score (nSPS) is 11.2. The Morgan fingerprint density at radius 3 is 2.45 bits per heavy atom. The summed E-state index contributed by atoms with van der Waals surface area (Å²) >= 11 is 6.01. The molecule has 0 radical (unpaired) electrons. The zero-order valence-corrected chi connectivity index (χ0v) is 18.2. The third kappa shape index (κ3) is 4.66. The van der Waals surface area contributed by atoms with Crippen molar-refractivity contribution in [2.24, 2.45) is 0 Å². The van der Waals surface area contributed by atoms with Crippen LogP contribution in [-0.4, -0.2) is 22.2 Å². The predicted molar refractivity (Wildman–Crippen MR) is 126 cm³/mol. The number of halogens is 1. The molecular weight excluding hydrogens is 408 g/mol. The van der Waals surface area contributed by atoms with Crippen LogP contribution in [0.25, 0.3) is 10.9 Å². The van der Waals surface area contributed by atoms with Crippen LogP contribution in [0.2, 0.25) is 5.02 Å². The van der Waals surface area contributed by atoms with Crippen molar-refractivity contribution in [3.63, 3.8) is 0 Å². The number of rotatable bonds is 8. The molecule has 1 aromatic heterocycles. The van der Waals surface area contributed by atoms with Gasteiger partial charge in [-0.2, -0.15) is 0 Å². The Morgan fingerprint density at radius 1 is 1.00 bits per heavy atom. The van der Waals surface area contributed by atoms with E-state index in [0.717, 1.165) is 35.0 Å². The topological polar surface area (TPSA) is 54.3 Å². The summed E-state index contributed by atoms with van der Waals surface area (Å²) in [4.78, 5) is 12.3. The maximum atomic E-state index is 12.3. The molecule has 0 fully saturated rings. The van der Waals surface area contributed by atoms with E-state index in [9.17, 15) is 9.90 Å². The van der Waals surface area contributed by atoms with Crippen molar-refractivity contribution in [1.82, 2.24) is 9.88 Å². The lowest BCUT2D eigenvalue weighted by atomic mass is 10.1. The van der Waals surface area contributed by atoms with Crippen molar-refractivity contribution in [3.05, 3.63) is 106 Å². The second-order valence-corrected chi connectivity index (χ2v) is 8.15. The van der Waals surface area contributed by atoms with E-state index in [2.05, 4.69) is 30.4 Å². The van der Waals surface area contributed by atoms with E-state index in [1.165, 1.54) is 11.1 Å². The van der Waals surface area contributed by atoms with Gasteiger partial charge in [0.2, 0.25) is 0 Å².